The minimum Gasteiger partial charge on any atom is -0.452 e. The van der Waals surface area contributed by atoms with E-state index in [9.17, 15) is 14.0 Å². The van der Waals surface area contributed by atoms with Crippen LogP contribution >= 0.6 is 15.9 Å². The summed E-state index contributed by atoms with van der Waals surface area (Å²) in [5.74, 6) is -1.77. The highest BCUT2D eigenvalue weighted by Gasteiger charge is 2.16. The Kier molecular flexibility index (Phi) is 6.70. The molecule has 132 valence electrons. The Morgan fingerprint density at radius 2 is 1.96 bits per heavy atom. The summed E-state index contributed by atoms with van der Waals surface area (Å²) >= 11 is 3.16. The van der Waals surface area contributed by atoms with Crippen molar-refractivity contribution in [3.05, 3.63) is 63.9 Å². The van der Waals surface area contributed by atoms with E-state index in [1.165, 1.54) is 12.1 Å². The molecule has 0 aliphatic rings. The van der Waals surface area contributed by atoms with Crippen LogP contribution in [0.1, 0.15) is 42.1 Å². The predicted octanol–water partition coefficient (Wildman–Crippen LogP) is 4.90. The molecule has 2 rings (SSSR count). The molecule has 1 atom stereocenters. The van der Waals surface area contributed by atoms with Crippen LogP contribution in [0.4, 0.5) is 10.1 Å². The molecule has 0 heterocycles. The summed E-state index contributed by atoms with van der Waals surface area (Å²) in [5, 5.41) is 2.74. The van der Waals surface area contributed by atoms with Gasteiger partial charge in [-0.05, 0) is 42.2 Å². The van der Waals surface area contributed by atoms with Gasteiger partial charge < -0.3 is 10.1 Å². The van der Waals surface area contributed by atoms with Gasteiger partial charge in [-0.15, -0.1) is 0 Å². The van der Waals surface area contributed by atoms with Gasteiger partial charge in [0.2, 0.25) is 0 Å². The van der Waals surface area contributed by atoms with Gasteiger partial charge in [0.25, 0.3) is 5.91 Å². The third-order valence-corrected chi connectivity index (χ3v) is 4.35. The summed E-state index contributed by atoms with van der Waals surface area (Å²) < 4.78 is 19.1. The number of carbonyl (C=O) groups excluding carboxylic acids is 2. The van der Waals surface area contributed by atoms with E-state index in [4.69, 9.17) is 4.74 Å². The number of nitrogens with one attached hydrogen (secondary N) is 1. The molecule has 0 unspecified atom stereocenters. The maximum atomic E-state index is 13.6. The molecule has 2 aromatic rings. The van der Waals surface area contributed by atoms with Crippen molar-refractivity contribution in [3.63, 3.8) is 0 Å². The van der Waals surface area contributed by atoms with Crippen molar-refractivity contribution < 1.29 is 18.7 Å². The number of hydrogen-bond acceptors (Lipinski definition) is 3. The van der Waals surface area contributed by atoms with Gasteiger partial charge in [-0.3, -0.25) is 4.79 Å². The molecule has 6 heteroatoms. The summed E-state index contributed by atoms with van der Waals surface area (Å²) in [4.78, 5) is 24.0. The number of anilines is 1. The van der Waals surface area contributed by atoms with E-state index < -0.39 is 24.3 Å². The van der Waals surface area contributed by atoms with Gasteiger partial charge in [0.05, 0.1) is 5.56 Å². The first-order chi connectivity index (χ1) is 11.9. The number of amides is 1. The molecule has 1 amide bonds. The molecule has 0 spiro atoms. The highest BCUT2D eigenvalue weighted by atomic mass is 79.9. The first-order valence-corrected chi connectivity index (χ1v) is 8.72. The van der Waals surface area contributed by atoms with E-state index >= 15 is 0 Å². The highest BCUT2D eigenvalue weighted by Crippen LogP contribution is 2.26. The van der Waals surface area contributed by atoms with E-state index in [1.807, 2.05) is 18.2 Å². The zero-order valence-corrected chi connectivity index (χ0v) is 15.6. The van der Waals surface area contributed by atoms with Crippen molar-refractivity contribution in [2.75, 3.05) is 11.9 Å². The molecule has 2 aromatic carbocycles. The molecule has 4 nitrogen and oxygen atoms in total. The van der Waals surface area contributed by atoms with Gasteiger partial charge in [-0.25, -0.2) is 9.18 Å². The monoisotopic (exact) mass is 407 g/mol. The topological polar surface area (TPSA) is 55.4 Å². The maximum absolute atomic E-state index is 13.6. The third kappa shape index (κ3) is 5.13. The molecule has 0 saturated carbocycles. The largest absolute Gasteiger partial charge is 0.452 e. The average molecular weight is 408 g/mol. The summed E-state index contributed by atoms with van der Waals surface area (Å²) in [6.45, 7) is 3.65. The van der Waals surface area contributed by atoms with Crippen molar-refractivity contribution in [1.29, 1.82) is 0 Å². The third-order valence-electron chi connectivity index (χ3n) is 3.86. The van der Waals surface area contributed by atoms with Crippen LogP contribution in [0.5, 0.6) is 0 Å². The van der Waals surface area contributed by atoms with Crippen LogP contribution in [0.15, 0.2) is 46.9 Å². The predicted molar refractivity (Wildman–Crippen MR) is 98.2 cm³/mol. The number of para-hydroxylation sites is 1. The Balaban J connectivity index is 2.00. The zero-order chi connectivity index (χ0) is 18.4. The Labute approximate surface area is 154 Å². The maximum Gasteiger partial charge on any atom is 0.341 e. The number of halogens is 2. The summed E-state index contributed by atoms with van der Waals surface area (Å²) in [7, 11) is 0. The lowest BCUT2D eigenvalue weighted by Gasteiger charge is -2.15. The van der Waals surface area contributed by atoms with Crippen molar-refractivity contribution in [3.8, 4) is 0 Å². The van der Waals surface area contributed by atoms with Gasteiger partial charge >= 0.3 is 5.97 Å². The number of carbonyl (C=O) groups is 2. The van der Waals surface area contributed by atoms with E-state index in [0.717, 1.165) is 18.1 Å². The second-order valence-electron chi connectivity index (χ2n) is 5.65. The second-order valence-corrected chi connectivity index (χ2v) is 6.56. The molecule has 0 aromatic heterocycles. The Hall–Kier alpha value is -2.21. The van der Waals surface area contributed by atoms with Gasteiger partial charge in [-0.1, -0.05) is 48.0 Å². The van der Waals surface area contributed by atoms with Crippen LogP contribution in [0.2, 0.25) is 0 Å². The van der Waals surface area contributed by atoms with E-state index in [0.29, 0.717) is 10.2 Å². The van der Waals surface area contributed by atoms with Crippen LogP contribution in [-0.4, -0.2) is 18.5 Å². The molecule has 0 saturated heterocycles. The quantitative estimate of drug-likeness (QED) is 0.692. The lowest BCUT2D eigenvalue weighted by atomic mass is 9.97. The van der Waals surface area contributed by atoms with Gasteiger partial charge in [0.15, 0.2) is 6.61 Å². The molecule has 0 radical (unpaired) electrons. The normalized spacial score (nSPS) is 11.7. The average Bonchev–Trinajstić information content (AvgIpc) is 2.61. The molecule has 25 heavy (non-hydrogen) atoms. The van der Waals surface area contributed by atoms with Crippen LogP contribution in [0, 0.1) is 5.82 Å². The van der Waals surface area contributed by atoms with Crippen LogP contribution < -0.4 is 5.32 Å². The number of ether oxygens (including phenoxy) is 1. The van der Waals surface area contributed by atoms with Crippen LogP contribution in [-0.2, 0) is 9.53 Å². The lowest BCUT2D eigenvalue weighted by Crippen LogP contribution is -2.22. The van der Waals surface area contributed by atoms with Gasteiger partial charge in [0.1, 0.15) is 5.82 Å². The summed E-state index contributed by atoms with van der Waals surface area (Å²) in [5.41, 5.74) is 1.48. The first-order valence-electron chi connectivity index (χ1n) is 7.93. The van der Waals surface area contributed by atoms with E-state index in [1.54, 1.807) is 6.07 Å². The molecule has 1 N–H and O–H groups in total. The molecular weight excluding hydrogens is 389 g/mol. The number of rotatable bonds is 6. The Morgan fingerprint density at radius 1 is 1.24 bits per heavy atom. The molecule has 0 aliphatic heterocycles. The van der Waals surface area contributed by atoms with Crippen molar-refractivity contribution in [2.45, 2.75) is 26.2 Å². The van der Waals surface area contributed by atoms with Gasteiger partial charge in [-0.2, -0.15) is 0 Å². The second kappa shape index (κ2) is 8.76. The molecular formula is C19H19BrFNO3. The zero-order valence-electron chi connectivity index (χ0n) is 14.0. The van der Waals surface area contributed by atoms with Gasteiger partial charge in [0, 0.05) is 10.2 Å². The number of hydrogen-bond donors (Lipinski definition) is 1. The molecule has 0 aliphatic carbocycles. The van der Waals surface area contributed by atoms with Crippen molar-refractivity contribution in [2.24, 2.45) is 0 Å². The van der Waals surface area contributed by atoms with Crippen LogP contribution in [0.25, 0.3) is 0 Å². The first kappa shape index (κ1) is 19.1. The summed E-state index contributed by atoms with van der Waals surface area (Å²) in [6, 6.07) is 11.4. The van der Waals surface area contributed by atoms with Crippen molar-refractivity contribution in [1.82, 2.24) is 0 Å². The standard InChI is InChI=1S/C19H19BrFNO3/c1-3-12(2)14-6-4-5-7-17(14)22-18(23)11-25-19(24)15-10-13(20)8-9-16(15)21/h4-10,12H,3,11H2,1-2H3,(H,22,23)/t12-/m1/s1. The minimum atomic E-state index is -0.885. The fraction of sp³-hybridized carbons (Fsp3) is 0.263. The minimum absolute atomic E-state index is 0.220. The van der Waals surface area contributed by atoms with Crippen molar-refractivity contribution >= 4 is 33.5 Å². The fourth-order valence-corrected chi connectivity index (χ4v) is 2.67. The van der Waals surface area contributed by atoms with E-state index in [-0.39, 0.29) is 11.5 Å². The Bertz CT molecular complexity index is 779. The van der Waals surface area contributed by atoms with Crippen LogP contribution in [0.3, 0.4) is 0 Å². The SMILES string of the molecule is CC[C@@H](C)c1ccccc1NC(=O)COC(=O)c1cc(Br)ccc1F. The smallest absolute Gasteiger partial charge is 0.341 e. The summed E-state index contributed by atoms with van der Waals surface area (Å²) in [6.07, 6.45) is 0.935. The highest BCUT2D eigenvalue weighted by molar-refractivity contribution is 9.10. The Morgan fingerprint density at radius 3 is 2.68 bits per heavy atom. The fourth-order valence-electron chi connectivity index (χ4n) is 2.31. The molecule has 0 bridgehead atoms. The number of esters is 1. The lowest BCUT2D eigenvalue weighted by molar-refractivity contribution is -0.119. The van der Waals surface area contributed by atoms with E-state index in [2.05, 4.69) is 35.1 Å². The molecule has 0 fully saturated rings. The number of benzene rings is 2.